The number of rotatable bonds is 4. The molecule has 0 aliphatic rings. The minimum atomic E-state index is 0.238. The number of hydrogen-bond acceptors (Lipinski definition) is 5. The first-order chi connectivity index (χ1) is 13.1. The van der Waals surface area contributed by atoms with Crippen LogP contribution < -0.4 is 10.2 Å². The van der Waals surface area contributed by atoms with Gasteiger partial charge in [-0.1, -0.05) is 30.3 Å². The van der Waals surface area contributed by atoms with E-state index in [-0.39, 0.29) is 5.75 Å². The highest BCUT2D eigenvalue weighted by Crippen LogP contribution is 2.31. The molecule has 0 aliphatic heterocycles. The van der Waals surface area contributed by atoms with E-state index in [1.807, 2.05) is 74.6 Å². The van der Waals surface area contributed by atoms with Gasteiger partial charge in [-0.25, -0.2) is 4.98 Å². The van der Waals surface area contributed by atoms with E-state index in [2.05, 4.69) is 15.2 Å². The fraction of sp³-hybridized carbons (Fsp3) is 0.0909. The van der Waals surface area contributed by atoms with Crippen LogP contribution in [0.4, 0.5) is 23.1 Å². The maximum Gasteiger partial charge on any atom is 0.229 e. The fourth-order valence-electron chi connectivity index (χ4n) is 3.05. The Kier molecular flexibility index (Phi) is 4.34. The Hall–Kier alpha value is -3.60. The van der Waals surface area contributed by atoms with Crippen molar-refractivity contribution in [3.63, 3.8) is 0 Å². The second kappa shape index (κ2) is 6.96. The molecule has 0 saturated carbocycles. The molecule has 0 fully saturated rings. The van der Waals surface area contributed by atoms with Crippen molar-refractivity contribution in [1.82, 2.24) is 9.97 Å². The van der Waals surface area contributed by atoms with Gasteiger partial charge in [0.15, 0.2) is 0 Å². The molecule has 0 bridgehead atoms. The smallest absolute Gasteiger partial charge is 0.229 e. The molecular formula is C22H20N4O. The molecule has 5 nitrogen and oxygen atoms in total. The number of nitrogens with zero attached hydrogens (tertiary/aromatic N) is 3. The number of phenols is 1. The number of aromatic nitrogens is 2. The van der Waals surface area contributed by atoms with E-state index in [4.69, 9.17) is 4.98 Å². The molecule has 0 atom stereocenters. The summed E-state index contributed by atoms with van der Waals surface area (Å²) in [5, 5.41) is 13.9. The van der Waals surface area contributed by atoms with Crippen molar-refractivity contribution < 1.29 is 5.11 Å². The highest BCUT2D eigenvalue weighted by molar-refractivity contribution is 5.92. The summed E-state index contributed by atoms with van der Waals surface area (Å²) < 4.78 is 0. The van der Waals surface area contributed by atoms with Gasteiger partial charge < -0.3 is 15.3 Å². The van der Waals surface area contributed by atoms with E-state index >= 15 is 0 Å². The average molecular weight is 356 g/mol. The molecule has 0 radical (unpaired) electrons. The number of nitrogens with one attached hydrogen (secondary N) is 1. The molecule has 0 saturated heterocycles. The third-order valence-corrected chi connectivity index (χ3v) is 4.50. The molecule has 0 amide bonds. The standard InChI is InChI=1S/C22H20N4O/c1-15-14-17(27)12-13-19(15)23-22-24-20-11-7-6-10-18(20)21(25-22)26(2)16-8-4-3-5-9-16/h3-14,27H,1-2H3,(H,23,24,25). The molecule has 1 aromatic heterocycles. The van der Waals surface area contributed by atoms with E-state index in [9.17, 15) is 5.11 Å². The average Bonchev–Trinajstić information content (AvgIpc) is 2.69. The van der Waals surface area contributed by atoms with Crippen molar-refractivity contribution in [3.8, 4) is 5.75 Å². The lowest BCUT2D eigenvalue weighted by molar-refractivity contribution is 0.475. The second-order valence-electron chi connectivity index (χ2n) is 6.41. The molecule has 0 spiro atoms. The third kappa shape index (κ3) is 3.40. The van der Waals surface area contributed by atoms with Gasteiger partial charge in [0.25, 0.3) is 0 Å². The molecule has 4 aromatic rings. The van der Waals surface area contributed by atoms with Crippen molar-refractivity contribution in [2.45, 2.75) is 6.92 Å². The Balaban J connectivity index is 1.81. The van der Waals surface area contributed by atoms with Gasteiger partial charge in [-0.15, -0.1) is 0 Å². The predicted molar refractivity (Wildman–Crippen MR) is 110 cm³/mol. The molecule has 0 unspecified atom stereocenters. The summed E-state index contributed by atoms with van der Waals surface area (Å²) in [6.45, 7) is 1.93. The molecule has 3 aromatic carbocycles. The van der Waals surface area contributed by atoms with E-state index < -0.39 is 0 Å². The van der Waals surface area contributed by atoms with Crippen LogP contribution in [0.2, 0.25) is 0 Å². The lowest BCUT2D eigenvalue weighted by atomic mass is 10.2. The Morgan fingerprint density at radius 1 is 0.889 bits per heavy atom. The normalized spacial score (nSPS) is 10.7. The lowest BCUT2D eigenvalue weighted by Gasteiger charge is -2.21. The zero-order chi connectivity index (χ0) is 18.8. The van der Waals surface area contributed by atoms with E-state index in [1.165, 1.54) is 0 Å². The summed E-state index contributed by atoms with van der Waals surface area (Å²) in [7, 11) is 2.00. The second-order valence-corrected chi connectivity index (χ2v) is 6.41. The number of fused-ring (bicyclic) bond motifs is 1. The van der Waals surface area contributed by atoms with E-state index in [0.717, 1.165) is 33.7 Å². The van der Waals surface area contributed by atoms with Crippen LogP contribution in [0.25, 0.3) is 10.9 Å². The summed E-state index contributed by atoms with van der Waals surface area (Å²) >= 11 is 0. The van der Waals surface area contributed by atoms with Crippen LogP contribution in [0.5, 0.6) is 5.75 Å². The summed E-state index contributed by atoms with van der Waals surface area (Å²) in [5.41, 5.74) is 3.69. The van der Waals surface area contributed by atoms with Gasteiger partial charge >= 0.3 is 0 Å². The summed E-state index contributed by atoms with van der Waals surface area (Å²) in [6, 6.07) is 23.3. The Bertz CT molecular complexity index is 1100. The number of phenolic OH excluding ortho intramolecular Hbond substituents is 1. The zero-order valence-corrected chi connectivity index (χ0v) is 15.2. The van der Waals surface area contributed by atoms with Crippen molar-refractivity contribution in [1.29, 1.82) is 0 Å². The van der Waals surface area contributed by atoms with Crippen LogP contribution in [0.15, 0.2) is 72.8 Å². The van der Waals surface area contributed by atoms with Gasteiger partial charge in [-0.2, -0.15) is 4.98 Å². The van der Waals surface area contributed by atoms with Gasteiger partial charge in [-0.05, 0) is 55.0 Å². The Morgan fingerprint density at radius 3 is 2.41 bits per heavy atom. The number of aryl methyl sites for hydroxylation is 1. The van der Waals surface area contributed by atoms with Gasteiger partial charge in [0.05, 0.1) is 5.52 Å². The van der Waals surface area contributed by atoms with E-state index in [1.54, 1.807) is 12.1 Å². The SMILES string of the molecule is Cc1cc(O)ccc1Nc1nc(N(C)c2ccccc2)c2ccccc2n1. The van der Waals surface area contributed by atoms with Crippen molar-refractivity contribution in [3.05, 3.63) is 78.4 Å². The molecular weight excluding hydrogens is 336 g/mol. The van der Waals surface area contributed by atoms with Crippen molar-refractivity contribution >= 4 is 34.0 Å². The Labute approximate surface area is 158 Å². The van der Waals surface area contributed by atoms with Crippen LogP contribution in [-0.4, -0.2) is 22.1 Å². The first kappa shape index (κ1) is 16.8. The maximum absolute atomic E-state index is 9.62. The minimum Gasteiger partial charge on any atom is -0.508 e. The lowest BCUT2D eigenvalue weighted by Crippen LogP contribution is -2.13. The highest BCUT2D eigenvalue weighted by Gasteiger charge is 2.13. The molecule has 0 aliphatic carbocycles. The van der Waals surface area contributed by atoms with Gasteiger partial charge in [-0.3, -0.25) is 0 Å². The monoisotopic (exact) mass is 356 g/mol. The van der Waals surface area contributed by atoms with Crippen LogP contribution in [0.1, 0.15) is 5.56 Å². The minimum absolute atomic E-state index is 0.238. The van der Waals surface area contributed by atoms with Gasteiger partial charge in [0, 0.05) is 23.8 Å². The molecule has 4 rings (SSSR count). The quantitative estimate of drug-likeness (QED) is 0.495. The van der Waals surface area contributed by atoms with Crippen molar-refractivity contribution in [2.75, 3.05) is 17.3 Å². The predicted octanol–water partition coefficient (Wildman–Crippen LogP) is 5.16. The number of anilines is 4. The molecule has 27 heavy (non-hydrogen) atoms. The van der Waals surface area contributed by atoms with Gasteiger partial charge in [0.1, 0.15) is 11.6 Å². The number of para-hydroxylation sites is 2. The number of hydrogen-bond donors (Lipinski definition) is 2. The number of benzene rings is 3. The molecule has 134 valence electrons. The first-order valence-corrected chi connectivity index (χ1v) is 8.74. The largest absolute Gasteiger partial charge is 0.508 e. The maximum atomic E-state index is 9.62. The van der Waals surface area contributed by atoms with Crippen molar-refractivity contribution in [2.24, 2.45) is 0 Å². The Morgan fingerprint density at radius 2 is 1.63 bits per heavy atom. The van der Waals surface area contributed by atoms with Crippen LogP contribution >= 0.6 is 0 Å². The van der Waals surface area contributed by atoms with Gasteiger partial charge in [0.2, 0.25) is 5.95 Å². The van der Waals surface area contributed by atoms with E-state index in [0.29, 0.717) is 5.95 Å². The molecule has 2 N–H and O–H groups in total. The van der Waals surface area contributed by atoms with Crippen LogP contribution in [0.3, 0.4) is 0 Å². The fourth-order valence-corrected chi connectivity index (χ4v) is 3.05. The van der Waals surface area contributed by atoms with Crippen LogP contribution in [0, 0.1) is 6.92 Å². The first-order valence-electron chi connectivity index (χ1n) is 8.74. The molecule has 1 heterocycles. The third-order valence-electron chi connectivity index (χ3n) is 4.50. The molecule has 5 heteroatoms. The van der Waals surface area contributed by atoms with Crippen LogP contribution in [-0.2, 0) is 0 Å². The summed E-state index contributed by atoms with van der Waals surface area (Å²) in [4.78, 5) is 11.5. The summed E-state index contributed by atoms with van der Waals surface area (Å²) in [6.07, 6.45) is 0. The zero-order valence-electron chi connectivity index (χ0n) is 15.2. The summed E-state index contributed by atoms with van der Waals surface area (Å²) in [5.74, 6) is 1.58. The number of aromatic hydroxyl groups is 1. The highest BCUT2D eigenvalue weighted by atomic mass is 16.3. The topological polar surface area (TPSA) is 61.3 Å².